The number of Topliss-reactive ketones (excluding diaryl/α,β-unsaturated/α-hetero) is 1. The van der Waals surface area contributed by atoms with Crippen molar-refractivity contribution in [2.45, 2.75) is 91.1 Å². The van der Waals surface area contributed by atoms with Gasteiger partial charge in [-0.05, 0) is 43.6 Å². The van der Waals surface area contributed by atoms with Crippen LogP contribution in [0.2, 0.25) is 0 Å². The van der Waals surface area contributed by atoms with Crippen molar-refractivity contribution in [3.05, 3.63) is 12.2 Å². The third kappa shape index (κ3) is 4.20. The lowest BCUT2D eigenvalue weighted by Gasteiger charge is -2.46. The monoisotopic (exact) mass is 420 g/mol. The van der Waals surface area contributed by atoms with Crippen LogP contribution in [-0.2, 0) is 28.6 Å². The van der Waals surface area contributed by atoms with Crippen molar-refractivity contribution < 1.29 is 28.6 Å². The molecular weight excluding hydrogens is 384 g/mol. The maximum absolute atomic E-state index is 12.7. The van der Waals surface area contributed by atoms with Gasteiger partial charge in [-0.1, -0.05) is 27.4 Å². The zero-order valence-corrected chi connectivity index (χ0v) is 19.1. The first kappa shape index (κ1) is 23.0. The number of esters is 2. The standard InChI is InChI=1S/C24H36O6/c1-12(2)17-11-19(28-15(5)25)14(4)21-20-10-13(3)18(27)8-9-24(7,30-16(6)26)23(29-20)22(17)21/h12-13,17,19-23H,4,8-11H2,1-3,5-7H3/t13-,17+,19-,20+,21+,22+,23+,24+/m0/s1. The zero-order chi connectivity index (χ0) is 22.4. The molecule has 0 spiro atoms. The molecule has 8 atom stereocenters. The van der Waals surface area contributed by atoms with Crippen molar-refractivity contribution in [2.75, 3.05) is 0 Å². The molecule has 6 nitrogen and oxygen atoms in total. The minimum Gasteiger partial charge on any atom is -0.458 e. The average molecular weight is 421 g/mol. The van der Waals surface area contributed by atoms with Gasteiger partial charge in [0, 0.05) is 38.0 Å². The lowest BCUT2D eigenvalue weighted by molar-refractivity contribution is -0.180. The number of fused-ring (bicyclic) bond motifs is 5. The molecule has 3 aliphatic rings. The van der Waals surface area contributed by atoms with Gasteiger partial charge in [-0.3, -0.25) is 14.4 Å². The Bertz CT molecular complexity index is 727. The third-order valence-electron chi connectivity index (χ3n) is 7.46. The second-order valence-corrected chi connectivity index (χ2v) is 10.0. The number of carbonyl (C=O) groups excluding carboxylic acids is 3. The SMILES string of the molecule is C=C1[C@H]2[C@@H]([C@@H](C(C)C)C[C@@H]1OC(C)=O)[C@H]1O[C@@H]2C[C@H](C)C(=O)CC[C@@]1(C)OC(C)=O. The number of hydrogen-bond donors (Lipinski definition) is 0. The van der Waals surface area contributed by atoms with E-state index in [-0.39, 0.29) is 59.7 Å². The number of rotatable bonds is 3. The second-order valence-electron chi connectivity index (χ2n) is 10.0. The molecular formula is C24H36O6. The van der Waals surface area contributed by atoms with Gasteiger partial charge < -0.3 is 14.2 Å². The van der Waals surface area contributed by atoms with E-state index in [9.17, 15) is 14.4 Å². The predicted octanol–water partition coefficient (Wildman–Crippen LogP) is 3.86. The molecule has 0 radical (unpaired) electrons. The topological polar surface area (TPSA) is 78.9 Å². The molecule has 0 amide bonds. The summed E-state index contributed by atoms with van der Waals surface area (Å²) in [7, 11) is 0. The van der Waals surface area contributed by atoms with Crippen molar-refractivity contribution in [3.63, 3.8) is 0 Å². The first-order valence-corrected chi connectivity index (χ1v) is 11.2. The van der Waals surface area contributed by atoms with Crippen LogP contribution >= 0.6 is 0 Å². The molecule has 2 saturated heterocycles. The molecule has 0 aromatic carbocycles. The van der Waals surface area contributed by atoms with E-state index in [1.807, 2.05) is 13.8 Å². The molecule has 0 aromatic heterocycles. The summed E-state index contributed by atoms with van der Waals surface area (Å²) >= 11 is 0. The number of ether oxygens (including phenoxy) is 3. The van der Waals surface area contributed by atoms with E-state index >= 15 is 0 Å². The first-order chi connectivity index (χ1) is 13.9. The second kappa shape index (κ2) is 8.45. The molecule has 1 aliphatic carbocycles. The average Bonchev–Trinajstić information content (AvgIpc) is 3.01. The van der Waals surface area contributed by atoms with E-state index in [1.165, 1.54) is 13.8 Å². The van der Waals surface area contributed by atoms with Crippen molar-refractivity contribution in [3.8, 4) is 0 Å². The van der Waals surface area contributed by atoms with Crippen LogP contribution in [0, 0.1) is 29.6 Å². The Labute approximate surface area is 179 Å². The van der Waals surface area contributed by atoms with Gasteiger partial charge in [-0.15, -0.1) is 0 Å². The van der Waals surface area contributed by atoms with Crippen molar-refractivity contribution in [1.82, 2.24) is 0 Å². The van der Waals surface area contributed by atoms with Crippen molar-refractivity contribution in [1.29, 1.82) is 0 Å². The lowest BCUT2D eigenvalue weighted by Crippen LogP contribution is -2.52. The lowest BCUT2D eigenvalue weighted by atomic mass is 9.60. The maximum Gasteiger partial charge on any atom is 0.303 e. The quantitative estimate of drug-likeness (QED) is 0.510. The fraction of sp³-hybridized carbons (Fsp3) is 0.792. The van der Waals surface area contributed by atoms with Crippen LogP contribution in [-0.4, -0.2) is 41.6 Å². The van der Waals surface area contributed by atoms with Crippen molar-refractivity contribution in [2.24, 2.45) is 29.6 Å². The van der Waals surface area contributed by atoms with Gasteiger partial charge in [-0.25, -0.2) is 0 Å². The summed E-state index contributed by atoms with van der Waals surface area (Å²) in [6, 6.07) is 0. The summed E-state index contributed by atoms with van der Waals surface area (Å²) in [6.07, 6.45) is 1.22. The van der Waals surface area contributed by atoms with Crippen LogP contribution in [0.15, 0.2) is 12.2 Å². The van der Waals surface area contributed by atoms with Crippen LogP contribution < -0.4 is 0 Å². The largest absolute Gasteiger partial charge is 0.458 e. The van der Waals surface area contributed by atoms with Gasteiger partial charge in [-0.2, -0.15) is 0 Å². The Balaban J connectivity index is 2.07. The summed E-state index contributed by atoms with van der Waals surface area (Å²) in [5, 5.41) is 0. The smallest absolute Gasteiger partial charge is 0.303 e. The Morgan fingerprint density at radius 1 is 1.20 bits per heavy atom. The van der Waals surface area contributed by atoms with Gasteiger partial charge in [0.25, 0.3) is 0 Å². The summed E-state index contributed by atoms with van der Waals surface area (Å²) in [4.78, 5) is 36.4. The summed E-state index contributed by atoms with van der Waals surface area (Å²) < 4.78 is 18.1. The minimum atomic E-state index is -0.884. The van der Waals surface area contributed by atoms with Crippen molar-refractivity contribution >= 4 is 17.7 Å². The molecule has 168 valence electrons. The fourth-order valence-electron chi connectivity index (χ4n) is 6.02. The van der Waals surface area contributed by atoms with E-state index in [2.05, 4.69) is 20.4 Å². The molecule has 0 unspecified atom stereocenters. The molecule has 0 aromatic rings. The Morgan fingerprint density at radius 3 is 2.43 bits per heavy atom. The van der Waals surface area contributed by atoms with Gasteiger partial charge in [0.1, 0.15) is 23.6 Å². The Hall–Kier alpha value is -1.69. The minimum absolute atomic E-state index is 0.0382. The molecule has 2 aliphatic heterocycles. The van der Waals surface area contributed by atoms with E-state index in [0.717, 1.165) is 5.57 Å². The molecule has 0 N–H and O–H groups in total. The van der Waals surface area contributed by atoms with Crippen LogP contribution in [0.4, 0.5) is 0 Å². The molecule has 1 saturated carbocycles. The van der Waals surface area contributed by atoms with Gasteiger partial charge in [0.2, 0.25) is 0 Å². The maximum atomic E-state index is 12.7. The molecule has 2 bridgehead atoms. The third-order valence-corrected chi connectivity index (χ3v) is 7.46. The summed E-state index contributed by atoms with van der Waals surface area (Å²) in [5.74, 6) is -0.0501. The molecule has 30 heavy (non-hydrogen) atoms. The highest BCUT2D eigenvalue weighted by Gasteiger charge is 2.60. The number of ketones is 1. The van der Waals surface area contributed by atoms with E-state index in [0.29, 0.717) is 31.6 Å². The number of hydrogen-bond acceptors (Lipinski definition) is 6. The normalized spacial score (nSPS) is 41.5. The van der Waals surface area contributed by atoms with E-state index < -0.39 is 5.60 Å². The van der Waals surface area contributed by atoms with Gasteiger partial charge in [0.05, 0.1) is 6.10 Å². The zero-order valence-electron chi connectivity index (χ0n) is 19.1. The molecule has 3 fully saturated rings. The Kier molecular flexibility index (Phi) is 6.47. The Morgan fingerprint density at radius 2 is 1.87 bits per heavy atom. The molecule has 2 heterocycles. The predicted molar refractivity (Wildman–Crippen MR) is 111 cm³/mol. The molecule has 3 rings (SSSR count). The van der Waals surface area contributed by atoms with Gasteiger partial charge >= 0.3 is 11.9 Å². The highest BCUT2D eigenvalue weighted by molar-refractivity contribution is 5.81. The number of carbonyl (C=O) groups is 3. The fourth-order valence-corrected chi connectivity index (χ4v) is 6.02. The van der Waals surface area contributed by atoms with E-state index in [4.69, 9.17) is 14.2 Å². The summed E-state index contributed by atoms with van der Waals surface area (Å²) in [6.45, 7) is 15.4. The van der Waals surface area contributed by atoms with Crippen LogP contribution in [0.25, 0.3) is 0 Å². The first-order valence-electron chi connectivity index (χ1n) is 11.2. The summed E-state index contributed by atoms with van der Waals surface area (Å²) in [5.41, 5.74) is -0.0183. The molecule has 6 heteroatoms. The van der Waals surface area contributed by atoms with Crippen LogP contribution in [0.3, 0.4) is 0 Å². The highest BCUT2D eigenvalue weighted by atomic mass is 16.6. The highest BCUT2D eigenvalue weighted by Crippen LogP contribution is 2.56. The van der Waals surface area contributed by atoms with Crippen LogP contribution in [0.1, 0.15) is 67.2 Å². The van der Waals surface area contributed by atoms with Gasteiger partial charge in [0.15, 0.2) is 0 Å². The van der Waals surface area contributed by atoms with E-state index in [1.54, 1.807) is 0 Å². The van der Waals surface area contributed by atoms with Crippen LogP contribution in [0.5, 0.6) is 0 Å².